The van der Waals surface area contributed by atoms with Crippen LogP contribution < -0.4 is 0 Å². The van der Waals surface area contributed by atoms with E-state index in [0.717, 1.165) is 10.9 Å². The Morgan fingerprint density at radius 1 is 1.44 bits per heavy atom. The van der Waals surface area contributed by atoms with Crippen molar-refractivity contribution in [3.63, 3.8) is 0 Å². The Morgan fingerprint density at radius 2 is 2.12 bits per heavy atom. The van der Waals surface area contributed by atoms with Crippen molar-refractivity contribution in [3.8, 4) is 0 Å². The van der Waals surface area contributed by atoms with E-state index < -0.39 is 13.0 Å². The van der Waals surface area contributed by atoms with Crippen LogP contribution in [-0.2, 0) is 6.54 Å². The van der Waals surface area contributed by atoms with Crippen molar-refractivity contribution in [1.29, 1.82) is 0 Å². The average molecular weight is 246 g/mol. The maximum atomic E-state index is 12.3. The molecule has 86 valence electrons. The summed E-state index contributed by atoms with van der Waals surface area (Å²) >= 11 is 5.78. The van der Waals surface area contributed by atoms with E-state index in [0.29, 0.717) is 16.5 Å². The van der Waals surface area contributed by atoms with Crippen molar-refractivity contribution in [2.75, 3.05) is 0 Å². The fourth-order valence-corrected chi connectivity index (χ4v) is 2.01. The third-order valence-corrected chi connectivity index (χ3v) is 2.64. The normalized spacial score (nSPS) is 11.6. The first kappa shape index (κ1) is 11.3. The van der Waals surface area contributed by atoms with Gasteiger partial charge in [0, 0.05) is 11.1 Å². The van der Waals surface area contributed by atoms with Crippen molar-refractivity contribution in [1.82, 2.24) is 14.8 Å². The molecule has 16 heavy (non-hydrogen) atoms. The first-order chi connectivity index (χ1) is 7.49. The van der Waals surface area contributed by atoms with Crippen molar-refractivity contribution in [2.45, 2.75) is 26.8 Å². The SMILES string of the molecule is Cc1cc(Cl)nc2nn(CC(F)F)c(C)c12. The van der Waals surface area contributed by atoms with Gasteiger partial charge in [0.1, 0.15) is 11.7 Å². The zero-order valence-corrected chi connectivity index (χ0v) is 9.59. The van der Waals surface area contributed by atoms with Crippen molar-refractivity contribution in [3.05, 3.63) is 22.5 Å². The Labute approximate surface area is 96.0 Å². The fourth-order valence-electron chi connectivity index (χ4n) is 1.76. The lowest BCUT2D eigenvalue weighted by molar-refractivity contribution is 0.121. The van der Waals surface area contributed by atoms with E-state index in [9.17, 15) is 8.78 Å². The lowest BCUT2D eigenvalue weighted by atomic mass is 10.2. The summed E-state index contributed by atoms with van der Waals surface area (Å²) in [4.78, 5) is 4.01. The molecule has 2 aromatic heterocycles. The van der Waals surface area contributed by atoms with E-state index in [2.05, 4.69) is 10.1 Å². The number of aryl methyl sites for hydroxylation is 2. The van der Waals surface area contributed by atoms with E-state index in [-0.39, 0.29) is 0 Å². The monoisotopic (exact) mass is 245 g/mol. The first-order valence-corrected chi connectivity index (χ1v) is 5.15. The smallest absolute Gasteiger partial charge is 0.257 e. The van der Waals surface area contributed by atoms with Crippen LogP contribution in [0.4, 0.5) is 8.78 Å². The van der Waals surface area contributed by atoms with Crippen LogP contribution in [0.25, 0.3) is 11.0 Å². The topological polar surface area (TPSA) is 30.7 Å². The molecule has 0 bridgehead atoms. The summed E-state index contributed by atoms with van der Waals surface area (Å²) in [7, 11) is 0. The van der Waals surface area contributed by atoms with Gasteiger partial charge in [0.2, 0.25) is 0 Å². The van der Waals surface area contributed by atoms with Gasteiger partial charge < -0.3 is 0 Å². The van der Waals surface area contributed by atoms with Crippen LogP contribution in [0.1, 0.15) is 11.3 Å². The van der Waals surface area contributed by atoms with Crippen molar-refractivity contribution < 1.29 is 8.78 Å². The van der Waals surface area contributed by atoms with Crippen LogP contribution in [0.3, 0.4) is 0 Å². The van der Waals surface area contributed by atoms with Crippen LogP contribution in [0.15, 0.2) is 6.07 Å². The van der Waals surface area contributed by atoms with Crippen LogP contribution in [-0.4, -0.2) is 21.2 Å². The Morgan fingerprint density at radius 3 is 2.75 bits per heavy atom. The van der Waals surface area contributed by atoms with Crippen LogP contribution in [0.2, 0.25) is 5.15 Å². The molecular weight excluding hydrogens is 236 g/mol. The Kier molecular flexibility index (Phi) is 2.80. The van der Waals surface area contributed by atoms with Crippen molar-refractivity contribution in [2.24, 2.45) is 0 Å². The fraction of sp³-hybridized carbons (Fsp3) is 0.400. The Balaban J connectivity index is 2.63. The van der Waals surface area contributed by atoms with Gasteiger partial charge in [-0.15, -0.1) is 0 Å². The summed E-state index contributed by atoms with van der Waals surface area (Å²) in [6.07, 6.45) is -2.43. The maximum absolute atomic E-state index is 12.3. The van der Waals surface area contributed by atoms with E-state index in [1.54, 1.807) is 13.0 Å². The van der Waals surface area contributed by atoms with Gasteiger partial charge in [-0.3, -0.25) is 4.68 Å². The van der Waals surface area contributed by atoms with Gasteiger partial charge >= 0.3 is 0 Å². The number of alkyl halides is 2. The molecule has 0 atom stereocenters. The molecule has 0 unspecified atom stereocenters. The highest BCUT2D eigenvalue weighted by molar-refractivity contribution is 6.29. The maximum Gasteiger partial charge on any atom is 0.257 e. The first-order valence-electron chi connectivity index (χ1n) is 4.77. The quantitative estimate of drug-likeness (QED) is 0.762. The summed E-state index contributed by atoms with van der Waals surface area (Å²) in [5.74, 6) is 0. The van der Waals surface area contributed by atoms with Crippen LogP contribution in [0.5, 0.6) is 0 Å². The van der Waals surface area contributed by atoms with Crippen LogP contribution >= 0.6 is 11.6 Å². The largest absolute Gasteiger partial charge is 0.261 e. The summed E-state index contributed by atoms with van der Waals surface area (Å²) in [6.45, 7) is 3.19. The molecule has 0 amide bonds. The second-order valence-electron chi connectivity index (χ2n) is 3.62. The minimum absolute atomic E-state index is 0.326. The molecule has 3 nitrogen and oxygen atoms in total. The standard InChI is InChI=1S/C10H10ClF2N3/c1-5-3-7(11)14-10-9(5)6(2)16(15-10)4-8(12)13/h3,8H,4H2,1-2H3. The molecule has 0 aromatic carbocycles. The molecular formula is C10H10ClF2N3. The van der Waals surface area contributed by atoms with Gasteiger partial charge in [0.15, 0.2) is 5.65 Å². The second kappa shape index (κ2) is 3.97. The zero-order valence-electron chi connectivity index (χ0n) is 8.84. The lowest BCUT2D eigenvalue weighted by Gasteiger charge is -2.02. The highest BCUT2D eigenvalue weighted by Crippen LogP contribution is 2.23. The second-order valence-corrected chi connectivity index (χ2v) is 4.01. The number of pyridine rings is 1. The van der Waals surface area contributed by atoms with E-state index in [1.165, 1.54) is 4.68 Å². The van der Waals surface area contributed by atoms with Crippen LogP contribution in [0, 0.1) is 13.8 Å². The van der Waals surface area contributed by atoms with Gasteiger partial charge in [0.05, 0.1) is 0 Å². The molecule has 0 aliphatic heterocycles. The van der Waals surface area contributed by atoms with Gasteiger partial charge in [-0.05, 0) is 25.5 Å². The predicted octanol–water partition coefficient (Wildman–Crippen LogP) is 2.97. The van der Waals surface area contributed by atoms with Gasteiger partial charge in [-0.1, -0.05) is 11.6 Å². The number of hydrogen-bond donors (Lipinski definition) is 0. The predicted molar refractivity (Wildman–Crippen MR) is 58.0 cm³/mol. The minimum atomic E-state index is -2.43. The highest BCUT2D eigenvalue weighted by atomic mass is 35.5. The van der Waals surface area contributed by atoms with Gasteiger partial charge in [0.25, 0.3) is 6.43 Å². The molecule has 2 heterocycles. The van der Waals surface area contributed by atoms with Gasteiger partial charge in [-0.25, -0.2) is 13.8 Å². The van der Waals surface area contributed by atoms with E-state index in [1.807, 2.05) is 6.92 Å². The number of rotatable bonds is 2. The zero-order chi connectivity index (χ0) is 11.9. The summed E-state index contributed by atoms with van der Waals surface area (Å²) in [5.41, 5.74) is 2.01. The molecule has 0 spiro atoms. The Hall–Kier alpha value is -1.23. The number of hydrogen-bond acceptors (Lipinski definition) is 2. The molecule has 2 rings (SSSR count). The summed E-state index contributed by atoms with van der Waals surface area (Å²) in [5, 5.41) is 5.14. The molecule has 0 aliphatic rings. The number of halogens is 3. The number of nitrogens with zero attached hydrogens (tertiary/aromatic N) is 3. The number of fused-ring (bicyclic) bond motifs is 1. The molecule has 0 N–H and O–H groups in total. The molecule has 0 saturated carbocycles. The van der Waals surface area contributed by atoms with Gasteiger partial charge in [-0.2, -0.15) is 5.10 Å². The lowest BCUT2D eigenvalue weighted by Crippen LogP contribution is -2.09. The molecule has 2 aromatic rings. The average Bonchev–Trinajstić information content (AvgIpc) is 2.41. The van der Waals surface area contributed by atoms with E-state index in [4.69, 9.17) is 11.6 Å². The van der Waals surface area contributed by atoms with Crippen molar-refractivity contribution >= 4 is 22.6 Å². The Bertz CT molecular complexity index is 536. The molecule has 0 saturated heterocycles. The van der Waals surface area contributed by atoms with E-state index >= 15 is 0 Å². The summed E-state index contributed by atoms with van der Waals surface area (Å²) in [6, 6.07) is 1.70. The third-order valence-electron chi connectivity index (χ3n) is 2.44. The molecule has 0 aliphatic carbocycles. The minimum Gasteiger partial charge on any atom is -0.261 e. The molecule has 0 fully saturated rings. The molecule has 0 radical (unpaired) electrons. The highest BCUT2D eigenvalue weighted by Gasteiger charge is 2.14. The molecule has 6 heteroatoms. The third kappa shape index (κ3) is 1.87. The number of aromatic nitrogens is 3. The summed E-state index contributed by atoms with van der Waals surface area (Å²) < 4.78 is 25.9.